The lowest BCUT2D eigenvalue weighted by Crippen LogP contribution is -2.39. The zero-order chi connectivity index (χ0) is 13.9. The molecule has 19 heavy (non-hydrogen) atoms. The second kappa shape index (κ2) is 8.72. The minimum atomic E-state index is -0.250. The van der Waals surface area contributed by atoms with Gasteiger partial charge >= 0.3 is 6.03 Å². The summed E-state index contributed by atoms with van der Waals surface area (Å²) in [5.41, 5.74) is 0.479. The highest BCUT2D eigenvalue weighted by Gasteiger charge is 2.01. The van der Waals surface area contributed by atoms with Crippen LogP contribution in [0.15, 0.2) is 18.3 Å². The minimum absolute atomic E-state index is 0.250. The van der Waals surface area contributed by atoms with Crippen molar-refractivity contribution in [3.8, 4) is 6.07 Å². The molecule has 1 aromatic heterocycles. The predicted molar refractivity (Wildman–Crippen MR) is 70.7 cm³/mol. The zero-order valence-electron chi connectivity index (χ0n) is 10.8. The molecule has 0 aromatic carbocycles. The summed E-state index contributed by atoms with van der Waals surface area (Å²) in [4.78, 5) is 15.3. The fraction of sp³-hybridized carbons (Fsp3) is 0.417. The molecule has 3 N–H and O–H groups in total. The predicted octanol–water partition coefficient (Wildman–Crippen LogP) is 0.311. The molecule has 1 heterocycles. The zero-order valence-corrected chi connectivity index (χ0v) is 10.8. The Kier molecular flexibility index (Phi) is 6.76. The number of nitriles is 1. The Morgan fingerprint density at radius 3 is 2.95 bits per heavy atom. The van der Waals surface area contributed by atoms with E-state index in [1.807, 2.05) is 6.07 Å². The summed E-state index contributed by atoms with van der Waals surface area (Å²) in [5, 5.41) is 17.2. The van der Waals surface area contributed by atoms with Crippen LogP contribution in [0.4, 0.5) is 10.6 Å². The van der Waals surface area contributed by atoms with E-state index in [4.69, 9.17) is 10.00 Å². The number of carbonyl (C=O) groups is 1. The molecule has 0 saturated carbocycles. The molecule has 0 aliphatic carbocycles. The van der Waals surface area contributed by atoms with Crippen molar-refractivity contribution >= 4 is 11.8 Å². The number of methoxy groups -OCH3 is 1. The number of hydrogen-bond donors (Lipinski definition) is 3. The van der Waals surface area contributed by atoms with E-state index in [9.17, 15) is 4.79 Å². The van der Waals surface area contributed by atoms with Crippen molar-refractivity contribution in [2.45, 2.75) is 0 Å². The molecular weight excluding hydrogens is 246 g/mol. The molecule has 0 fully saturated rings. The molecular formula is C12H17N5O2. The first kappa shape index (κ1) is 14.7. The van der Waals surface area contributed by atoms with Crippen molar-refractivity contribution in [1.29, 1.82) is 5.26 Å². The maximum absolute atomic E-state index is 11.3. The van der Waals surface area contributed by atoms with Crippen LogP contribution in [-0.2, 0) is 4.74 Å². The molecule has 102 valence electrons. The van der Waals surface area contributed by atoms with E-state index in [1.165, 1.54) is 0 Å². The van der Waals surface area contributed by atoms with E-state index in [1.54, 1.807) is 25.4 Å². The van der Waals surface area contributed by atoms with E-state index < -0.39 is 0 Å². The highest BCUT2D eigenvalue weighted by Crippen LogP contribution is 2.08. The Morgan fingerprint density at radius 2 is 2.21 bits per heavy atom. The van der Waals surface area contributed by atoms with E-state index in [0.717, 1.165) is 0 Å². The lowest BCUT2D eigenvalue weighted by atomic mass is 10.3. The third-order valence-electron chi connectivity index (χ3n) is 2.22. The average Bonchev–Trinajstić information content (AvgIpc) is 2.44. The fourth-order valence-corrected chi connectivity index (χ4v) is 1.32. The van der Waals surface area contributed by atoms with Crippen molar-refractivity contribution in [2.75, 3.05) is 38.7 Å². The van der Waals surface area contributed by atoms with E-state index in [-0.39, 0.29) is 6.03 Å². The second-order valence-electron chi connectivity index (χ2n) is 3.61. The van der Waals surface area contributed by atoms with Gasteiger partial charge in [-0.05, 0) is 12.1 Å². The minimum Gasteiger partial charge on any atom is -0.383 e. The molecule has 0 spiro atoms. The smallest absolute Gasteiger partial charge is 0.314 e. The van der Waals surface area contributed by atoms with Gasteiger partial charge in [-0.2, -0.15) is 5.26 Å². The van der Waals surface area contributed by atoms with Gasteiger partial charge < -0.3 is 20.7 Å². The highest BCUT2D eigenvalue weighted by atomic mass is 16.5. The molecule has 0 aliphatic heterocycles. The van der Waals surface area contributed by atoms with Gasteiger partial charge in [0, 0.05) is 32.9 Å². The van der Waals surface area contributed by atoms with E-state index in [0.29, 0.717) is 37.6 Å². The Balaban J connectivity index is 2.20. The first-order valence-corrected chi connectivity index (χ1v) is 5.87. The monoisotopic (exact) mass is 263 g/mol. The van der Waals surface area contributed by atoms with Crippen LogP contribution < -0.4 is 16.0 Å². The summed E-state index contributed by atoms with van der Waals surface area (Å²) in [6, 6.07) is 5.17. The number of pyridine rings is 1. The van der Waals surface area contributed by atoms with Crippen LogP contribution in [0.2, 0.25) is 0 Å². The van der Waals surface area contributed by atoms with E-state index in [2.05, 4.69) is 20.9 Å². The lowest BCUT2D eigenvalue weighted by Gasteiger charge is -2.09. The van der Waals surface area contributed by atoms with Gasteiger partial charge in [0.05, 0.1) is 12.2 Å². The van der Waals surface area contributed by atoms with Crippen LogP contribution in [0.25, 0.3) is 0 Å². The maximum Gasteiger partial charge on any atom is 0.314 e. The Bertz CT molecular complexity index is 444. The van der Waals surface area contributed by atoms with Crippen LogP contribution in [-0.4, -0.2) is 44.4 Å². The van der Waals surface area contributed by atoms with Crippen LogP contribution in [0.5, 0.6) is 0 Å². The molecule has 0 atom stereocenters. The topological polar surface area (TPSA) is 99.1 Å². The van der Waals surface area contributed by atoms with Gasteiger partial charge in [-0.1, -0.05) is 0 Å². The SMILES string of the molecule is COCCNC(=O)NCCNc1ncccc1C#N. The molecule has 0 saturated heterocycles. The first-order chi connectivity index (χ1) is 9.27. The summed E-state index contributed by atoms with van der Waals surface area (Å²) < 4.78 is 4.81. The van der Waals surface area contributed by atoms with Crippen molar-refractivity contribution < 1.29 is 9.53 Å². The molecule has 1 rings (SSSR count). The fourth-order valence-electron chi connectivity index (χ4n) is 1.32. The molecule has 2 amide bonds. The number of carbonyl (C=O) groups excluding carboxylic acids is 1. The van der Waals surface area contributed by atoms with Crippen molar-refractivity contribution in [2.24, 2.45) is 0 Å². The number of hydrogen-bond acceptors (Lipinski definition) is 5. The van der Waals surface area contributed by atoms with E-state index >= 15 is 0 Å². The summed E-state index contributed by atoms with van der Waals surface area (Å²) in [6.45, 7) is 1.86. The third kappa shape index (κ3) is 5.70. The Labute approximate surface area is 112 Å². The number of urea groups is 1. The number of ether oxygens (including phenoxy) is 1. The van der Waals surface area contributed by atoms with Gasteiger partial charge in [-0.3, -0.25) is 0 Å². The van der Waals surface area contributed by atoms with Crippen LogP contribution in [0.3, 0.4) is 0 Å². The van der Waals surface area contributed by atoms with Crippen molar-refractivity contribution in [1.82, 2.24) is 15.6 Å². The van der Waals surface area contributed by atoms with Gasteiger partial charge in [0.2, 0.25) is 0 Å². The number of rotatable bonds is 7. The maximum atomic E-state index is 11.3. The third-order valence-corrected chi connectivity index (χ3v) is 2.22. The molecule has 0 bridgehead atoms. The normalized spacial score (nSPS) is 9.47. The largest absolute Gasteiger partial charge is 0.383 e. The van der Waals surface area contributed by atoms with Crippen LogP contribution in [0, 0.1) is 11.3 Å². The number of aromatic nitrogens is 1. The number of nitrogens with zero attached hydrogens (tertiary/aromatic N) is 2. The van der Waals surface area contributed by atoms with Crippen LogP contribution >= 0.6 is 0 Å². The summed E-state index contributed by atoms with van der Waals surface area (Å²) in [5.74, 6) is 0.520. The summed E-state index contributed by atoms with van der Waals surface area (Å²) in [6.07, 6.45) is 1.61. The quantitative estimate of drug-likeness (QED) is 0.615. The number of anilines is 1. The average molecular weight is 263 g/mol. The molecule has 7 nitrogen and oxygen atoms in total. The Morgan fingerprint density at radius 1 is 1.42 bits per heavy atom. The van der Waals surface area contributed by atoms with Gasteiger partial charge in [-0.25, -0.2) is 9.78 Å². The van der Waals surface area contributed by atoms with Gasteiger partial charge in [0.25, 0.3) is 0 Å². The van der Waals surface area contributed by atoms with Gasteiger partial charge in [0.1, 0.15) is 11.9 Å². The van der Waals surface area contributed by atoms with Crippen molar-refractivity contribution in [3.63, 3.8) is 0 Å². The van der Waals surface area contributed by atoms with Gasteiger partial charge in [0.15, 0.2) is 0 Å². The number of nitrogens with one attached hydrogen (secondary N) is 3. The first-order valence-electron chi connectivity index (χ1n) is 5.87. The molecule has 7 heteroatoms. The molecule has 0 aliphatic rings. The lowest BCUT2D eigenvalue weighted by molar-refractivity contribution is 0.196. The number of amides is 2. The highest BCUT2D eigenvalue weighted by molar-refractivity contribution is 5.73. The standard InChI is InChI=1S/C12H17N5O2/c1-19-8-7-17-12(18)16-6-5-15-11-10(9-13)3-2-4-14-11/h2-4H,5-8H2,1H3,(H,14,15)(H2,16,17,18). The van der Waals surface area contributed by atoms with Gasteiger partial charge in [-0.15, -0.1) is 0 Å². The Hall–Kier alpha value is -2.33. The molecule has 0 unspecified atom stereocenters. The second-order valence-corrected chi connectivity index (χ2v) is 3.61. The summed E-state index contributed by atoms with van der Waals surface area (Å²) in [7, 11) is 1.57. The van der Waals surface area contributed by atoms with Crippen molar-refractivity contribution in [3.05, 3.63) is 23.9 Å². The summed E-state index contributed by atoms with van der Waals surface area (Å²) >= 11 is 0. The molecule has 1 aromatic rings. The molecule has 0 radical (unpaired) electrons. The van der Waals surface area contributed by atoms with Crippen LogP contribution in [0.1, 0.15) is 5.56 Å².